The van der Waals surface area contributed by atoms with E-state index in [1.54, 1.807) is 24.3 Å². The number of carbonyl (C=O) groups is 2. The Morgan fingerprint density at radius 3 is 1.80 bits per heavy atom. The predicted molar refractivity (Wildman–Crippen MR) is 101 cm³/mol. The second-order valence-corrected chi connectivity index (χ2v) is 7.05. The number of amides is 1. The van der Waals surface area contributed by atoms with E-state index in [4.69, 9.17) is 4.74 Å². The summed E-state index contributed by atoms with van der Waals surface area (Å²) in [6, 6.07) is 6.89. The Morgan fingerprint density at radius 1 is 0.840 bits per heavy atom. The highest BCUT2D eigenvalue weighted by Crippen LogP contribution is 2.20. The summed E-state index contributed by atoms with van der Waals surface area (Å²) < 4.78 is 5.78. The average molecular weight is 345 g/mol. The van der Waals surface area contributed by atoms with Crippen molar-refractivity contribution in [3.8, 4) is 0 Å². The lowest BCUT2D eigenvalue weighted by Gasteiger charge is -2.19. The number of carbonyl (C=O) groups excluding carboxylic acids is 2. The molecule has 1 aromatic rings. The van der Waals surface area contributed by atoms with Crippen LogP contribution in [0, 0.1) is 0 Å². The molecule has 1 aliphatic rings. The molecule has 0 aromatic heterocycles. The van der Waals surface area contributed by atoms with Crippen molar-refractivity contribution < 1.29 is 14.3 Å². The van der Waals surface area contributed by atoms with Crippen LogP contribution in [0.5, 0.6) is 0 Å². The van der Waals surface area contributed by atoms with Crippen molar-refractivity contribution in [2.45, 2.75) is 83.7 Å². The summed E-state index contributed by atoms with van der Waals surface area (Å²) in [5.41, 5.74) is 1.23. The van der Waals surface area contributed by atoms with Crippen LogP contribution in [0.1, 0.15) is 87.9 Å². The van der Waals surface area contributed by atoms with Gasteiger partial charge >= 0.3 is 5.97 Å². The number of benzene rings is 1. The summed E-state index contributed by atoms with van der Waals surface area (Å²) in [7, 11) is 0. The Kier molecular flexibility index (Phi) is 8.50. The fourth-order valence-electron chi connectivity index (χ4n) is 3.36. The molecule has 1 N–H and O–H groups in total. The van der Waals surface area contributed by atoms with Gasteiger partial charge in [0, 0.05) is 12.6 Å². The van der Waals surface area contributed by atoms with Crippen molar-refractivity contribution in [3.05, 3.63) is 29.8 Å². The highest BCUT2D eigenvalue weighted by Gasteiger charge is 2.16. The molecule has 4 heteroatoms. The third-order valence-electron chi connectivity index (χ3n) is 4.77. The topological polar surface area (TPSA) is 55.4 Å². The molecular weight excluding hydrogens is 314 g/mol. The summed E-state index contributed by atoms with van der Waals surface area (Å²) in [6.07, 6.45) is 13.4. The van der Waals surface area contributed by atoms with E-state index in [1.165, 1.54) is 51.9 Å². The standard InChI is InChI=1S/C21H31NO3/c1-17(23)22-19-15-13-18(14-16-19)21(24)25-20-11-9-7-5-3-2-4-6-8-10-12-20/h13-16,20H,2-12H2,1H3,(H,22,23). The minimum atomic E-state index is -0.258. The first-order valence-corrected chi connectivity index (χ1v) is 9.74. The normalized spacial score (nSPS) is 17.8. The fraction of sp³-hybridized carbons (Fsp3) is 0.619. The molecule has 1 amide bonds. The van der Waals surface area contributed by atoms with Gasteiger partial charge < -0.3 is 10.1 Å². The molecule has 1 aliphatic carbocycles. The molecule has 0 heterocycles. The Balaban J connectivity index is 1.87. The monoisotopic (exact) mass is 345 g/mol. The Labute approximate surface area is 151 Å². The van der Waals surface area contributed by atoms with E-state index in [0.717, 1.165) is 25.7 Å². The molecule has 1 aromatic carbocycles. The summed E-state index contributed by atoms with van der Waals surface area (Å²) >= 11 is 0. The lowest BCUT2D eigenvalue weighted by Crippen LogP contribution is -2.19. The van der Waals surface area contributed by atoms with E-state index in [0.29, 0.717) is 11.3 Å². The zero-order valence-corrected chi connectivity index (χ0v) is 15.4. The Morgan fingerprint density at radius 2 is 1.32 bits per heavy atom. The first kappa shape index (κ1) is 19.5. The van der Waals surface area contributed by atoms with Crippen molar-refractivity contribution in [2.24, 2.45) is 0 Å². The second-order valence-electron chi connectivity index (χ2n) is 7.05. The van der Waals surface area contributed by atoms with Crippen molar-refractivity contribution in [1.82, 2.24) is 0 Å². The summed E-state index contributed by atoms with van der Waals surface area (Å²) in [4.78, 5) is 23.5. The van der Waals surface area contributed by atoms with Crippen LogP contribution in [0.2, 0.25) is 0 Å². The molecule has 0 spiro atoms. The van der Waals surface area contributed by atoms with Crippen LogP contribution < -0.4 is 5.32 Å². The third kappa shape index (κ3) is 7.72. The van der Waals surface area contributed by atoms with Crippen LogP contribution in [-0.4, -0.2) is 18.0 Å². The van der Waals surface area contributed by atoms with Crippen LogP contribution in [0.15, 0.2) is 24.3 Å². The smallest absolute Gasteiger partial charge is 0.338 e. The van der Waals surface area contributed by atoms with Gasteiger partial charge in [-0.1, -0.05) is 44.9 Å². The maximum Gasteiger partial charge on any atom is 0.338 e. The second kappa shape index (κ2) is 10.9. The quantitative estimate of drug-likeness (QED) is 0.739. The molecule has 138 valence electrons. The van der Waals surface area contributed by atoms with Gasteiger partial charge in [-0.3, -0.25) is 4.79 Å². The first-order valence-electron chi connectivity index (χ1n) is 9.74. The van der Waals surface area contributed by atoms with Gasteiger partial charge in [-0.15, -0.1) is 0 Å². The van der Waals surface area contributed by atoms with Crippen molar-refractivity contribution in [2.75, 3.05) is 5.32 Å². The molecule has 1 saturated carbocycles. The average Bonchev–Trinajstić information content (AvgIpc) is 2.57. The van der Waals surface area contributed by atoms with Gasteiger partial charge in [0.2, 0.25) is 5.91 Å². The van der Waals surface area contributed by atoms with Gasteiger partial charge in [-0.2, -0.15) is 0 Å². The summed E-state index contributed by atoms with van der Waals surface area (Å²) in [5.74, 6) is -0.380. The first-order chi connectivity index (χ1) is 12.1. The van der Waals surface area contributed by atoms with Crippen molar-refractivity contribution in [1.29, 1.82) is 0 Å². The predicted octanol–water partition coefficient (Wildman–Crippen LogP) is 5.48. The van der Waals surface area contributed by atoms with E-state index in [-0.39, 0.29) is 18.0 Å². The Hall–Kier alpha value is -1.84. The maximum absolute atomic E-state index is 12.4. The van der Waals surface area contributed by atoms with E-state index >= 15 is 0 Å². The molecular formula is C21H31NO3. The lowest BCUT2D eigenvalue weighted by molar-refractivity contribution is -0.114. The maximum atomic E-state index is 12.4. The molecule has 0 bridgehead atoms. The van der Waals surface area contributed by atoms with Crippen LogP contribution in [0.4, 0.5) is 5.69 Å². The molecule has 25 heavy (non-hydrogen) atoms. The zero-order valence-electron chi connectivity index (χ0n) is 15.4. The van der Waals surface area contributed by atoms with Crippen LogP contribution in [0.25, 0.3) is 0 Å². The number of rotatable bonds is 3. The van der Waals surface area contributed by atoms with Gasteiger partial charge in [0.1, 0.15) is 6.10 Å². The van der Waals surface area contributed by atoms with Gasteiger partial charge in [0.05, 0.1) is 5.56 Å². The number of hydrogen-bond acceptors (Lipinski definition) is 3. The Bertz CT molecular complexity index is 527. The molecule has 0 unspecified atom stereocenters. The van der Waals surface area contributed by atoms with Gasteiger partial charge in [0.15, 0.2) is 0 Å². The highest BCUT2D eigenvalue weighted by atomic mass is 16.5. The van der Waals surface area contributed by atoms with E-state index in [2.05, 4.69) is 5.32 Å². The fourth-order valence-corrected chi connectivity index (χ4v) is 3.36. The molecule has 0 radical (unpaired) electrons. The molecule has 4 nitrogen and oxygen atoms in total. The van der Waals surface area contributed by atoms with Crippen molar-refractivity contribution >= 4 is 17.6 Å². The third-order valence-corrected chi connectivity index (χ3v) is 4.77. The zero-order chi connectivity index (χ0) is 17.9. The van der Waals surface area contributed by atoms with Gasteiger partial charge in [-0.05, 0) is 49.9 Å². The minimum Gasteiger partial charge on any atom is -0.459 e. The van der Waals surface area contributed by atoms with Crippen LogP contribution in [-0.2, 0) is 9.53 Å². The lowest BCUT2D eigenvalue weighted by atomic mass is 9.99. The van der Waals surface area contributed by atoms with Gasteiger partial charge in [-0.25, -0.2) is 4.79 Å². The van der Waals surface area contributed by atoms with Crippen LogP contribution in [0.3, 0.4) is 0 Å². The highest BCUT2D eigenvalue weighted by molar-refractivity contribution is 5.92. The van der Waals surface area contributed by atoms with Crippen LogP contribution >= 0.6 is 0 Å². The number of ether oxygens (including phenoxy) is 1. The number of hydrogen-bond donors (Lipinski definition) is 1. The largest absolute Gasteiger partial charge is 0.459 e. The number of anilines is 1. The van der Waals surface area contributed by atoms with E-state index in [1.807, 2.05) is 0 Å². The SMILES string of the molecule is CC(=O)Nc1ccc(C(=O)OC2CCCCCCCCCCC2)cc1. The molecule has 0 aliphatic heterocycles. The molecule has 0 atom stereocenters. The van der Waals surface area contributed by atoms with E-state index < -0.39 is 0 Å². The minimum absolute atomic E-state index is 0.0296. The molecule has 1 fully saturated rings. The van der Waals surface area contributed by atoms with Crippen molar-refractivity contribution in [3.63, 3.8) is 0 Å². The van der Waals surface area contributed by atoms with Gasteiger partial charge in [0.25, 0.3) is 0 Å². The molecule has 0 saturated heterocycles. The number of esters is 1. The summed E-state index contributed by atoms with van der Waals surface area (Å²) in [5, 5.41) is 2.70. The van der Waals surface area contributed by atoms with E-state index in [9.17, 15) is 9.59 Å². The summed E-state index contributed by atoms with van der Waals surface area (Å²) in [6.45, 7) is 1.46. The number of nitrogens with one attached hydrogen (secondary N) is 1. The molecule has 2 rings (SSSR count).